The van der Waals surface area contributed by atoms with Crippen LogP contribution in [0.1, 0.15) is 48.9 Å². The molecule has 114 valence electrons. The molecule has 6 nitrogen and oxygen atoms in total. The quantitative estimate of drug-likeness (QED) is 0.830. The van der Waals surface area contributed by atoms with E-state index in [4.69, 9.17) is 23.2 Å². The van der Waals surface area contributed by atoms with E-state index >= 15 is 0 Å². The zero-order chi connectivity index (χ0) is 15.5. The molecule has 0 bridgehead atoms. The molecule has 1 amide bonds. The zero-order valence-corrected chi connectivity index (χ0v) is 12.7. The summed E-state index contributed by atoms with van der Waals surface area (Å²) >= 11 is 11.5. The van der Waals surface area contributed by atoms with E-state index in [9.17, 15) is 14.7 Å². The van der Waals surface area contributed by atoms with E-state index in [0.717, 1.165) is 25.7 Å². The Morgan fingerprint density at radius 2 is 1.76 bits per heavy atom. The lowest BCUT2D eigenvalue weighted by atomic mass is 9.90. The highest BCUT2D eigenvalue weighted by atomic mass is 35.5. The van der Waals surface area contributed by atoms with E-state index < -0.39 is 17.4 Å². The van der Waals surface area contributed by atoms with Crippen LogP contribution >= 0.6 is 23.2 Å². The lowest BCUT2D eigenvalue weighted by molar-refractivity contribution is -0.145. The SMILES string of the molecule is O=C(NC1(C(=O)O)CCCCCC1)c1cc(Cl)nnc1Cl. The number of hydrogen-bond donors (Lipinski definition) is 2. The van der Waals surface area contributed by atoms with E-state index in [1.807, 2.05) is 0 Å². The van der Waals surface area contributed by atoms with Gasteiger partial charge in [0, 0.05) is 0 Å². The Balaban J connectivity index is 2.26. The van der Waals surface area contributed by atoms with E-state index in [1.165, 1.54) is 6.07 Å². The van der Waals surface area contributed by atoms with Crippen LogP contribution in [0.3, 0.4) is 0 Å². The van der Waals surface area contributed by atoms with Gasteiger partial charge in [-0.1, -0.05) is 48.9 Å². The highest BCUT2D eigenvalue weighted by molar-refractivity contribution is 6.34. The van der Waals surface area contributed by atoms with Gasteiger partial charge in [-0.05, 0) is 18.9 Å². The van der Waals surface area contributed by atoms with Crippen molar-refractivity contribution in [1.29, 1.82) is 0 Å². The molecule has 2 N–H and O–H groups in total. The molecular weight excluding hydrogens is 317 g/mol. The van der Waals surface area contributed by atoms with Crippen LogP contribution < -0.4 is 5.32 Å². The van der Waals surface area contributed by atoms with Crippen LogP contribution in [-0.4, -0.2) is 32.7 Å². The second-order valence-electron chi connectivity index (χ2n) is 5.13. The van der Waals surface area contributed by atoms with Gasteiger partial charge in [-0.2, -0.15) is 0 Å². The van der Waals surface area contributed by atoms with Crippen LogP contribution in [0.2, 0.25) is 10.3 Å². The number of carbonyl (C=O) groups excluding carboxylic acids is 1. The van der Waals surface area contributed by atoms with E-state index in [0.29, 0.717) is 12.8 Å². The summed E-state index contributed by atoms with van der Waals surface area (Å²) in [4.78, 5) is 24.0. The maximum Gasteiger partial charge on any atom is 0.329 e. The van der Waals surface area contributed by atoms with Gasteiger partial charge in [0.1, 0.15) is 5.54 Å². The molecule has 1 heterocycles. The highest BCUT2D eigenvalue weighted by Crippen LogP contribution is 2.28. The van der Waals surface area contributed by atoms with Crippen LogP contribution in [-0.2, 0) is 4.79 Å². The number of carbonyl (C=O) groups is 2. The minimum absolute atomic E-state index is 0.0230. The summed E-state index contributed by atoms with van der Waals surface area (Å²) in [5.74, 6) is -1.62. The molecule has 1 aliphatic rings. The number of halogens is 2. The Hall–Kier alpha value is -1.40. The first-order valence-corrected chi connectivity index (χ1v) is 7.45. The van der Waals surface area contributed by atoms with Gasteiger partial charge in [-0.3, -0.25) is 4.79 Å². The van der Waals surface area contributed by atoms with Gasteiger partial charge >= 0.3 is 5.97 Å². The molecule has 1 saturated carbocycles. The second-order valence-corrected chi connectivity index (χ2v) is 5.87. The van der Waals surface area contributed by atoms with Crippen molar-refractivity contribution in [3.63, 3.8) is 0 Å². The average Bonchev–Trinajstić information content (AvgIpc) is 2.68. The van der Waals surface area contributed by atoms with Gasteiger partial charge in [0.2, 0.25) is 0 Å². The van der Waals surface area contributed by atoms with Crippen LogP contribution in [0.5, 0.6) is 0 Å². The molecule has 21 heavy (non-hydrogen) atoms. The van der Waals surface area contributed by atoms with Crippen molar-refractivity contribution in [2.45, 2.75) is 44.1 Å². The number of carboxylic acids is 1. The third-order valence-electron chi connectivity index (χ3n) is 3.68. The minimum Gasteiger partial charge on any atom is -0.480 e. The standard InChI is InChI=1S/C13H15Cl2N3O3/c14-9-7-8(10(15)18-17-9)11(19)16-13(12(20)21)5-3-1-2-4-6-13/h7H,1-6H2,(H,16,19)(H,20,21). The molecule has 0 radical (unpaired) electrons. The minimum atomic E-state index is -1.26. The fourth-order valence-electron chi connectivity index (χ4n) is 2.52. The Morgan fingerprint density at radius 1 is 1.14 bits per heavy atom. The molecule has 1 aromatic heterocycles. The number of aromatic nitrogens is 2. The van der Waals surface area contributed by atoms with Crippen molar-refractivity contribution in [2.75, 3.05) is 0 Å². The van der Waals surface area contributed by atoms with E-state index in [2.05, 4.69) is 15.5 Å². The summed E-state index contributed by atoms with van der Waals surface area (Å²) in [7, 11) is 0. The van der Waals surface area contributed by atoms with Gasteiger partial charge in [-0.25, -0.2) is 4.79 Å². The van der Waals surface area contributed by atoms with Crippen LogP contribution in [0.15, 0.2) is 6.07 Å². The first-order chi connectivity index (χ1) is 9.94. The average molecular weight is 332 g/mol. The summed E-state index contributed by atoms with van der Waals surface area (Å²) in [5.41, 5.74) is -1.23. The largest absolute Gasteiger partial charge is 0.480 e. The molecule has 0 atom stereocenters. The van der Waals surface area contributed by atoms with Crippen molar-refractivity contribution >= 4 is 35.1 Å². The number of amides is 1. The first kappa shape index (κ1) is 16.0. The lowest BCUT2D eigenvalue weighted by Crippen LogP contribution is -2.54. The van der Waals surface area contributed by atoms with Gasteiger partial charge in [0.05, 0.1) is 5.56 Å². The Bertz CT molecular complexity index is 558. The highest BCUT2D eigenvalue weighted by Gasteiger charge is 2.40. The number of aliphatic carboxylic acids is 1. The monoisotopic (exact) mass is 331 g/mol. The van der Waals surface area contributed by atoms with Gasteiger partial charge in [-0.15, -0.1) is 10.2 Å². The van der Waals surface area contributed by atoms with Crippen molar-refractivity contribution < 1.29 is 14.7 Å². The van der Waals surface area contributed by atoms with E-state index in [1.54, 1.807) is 0 Å². The van der Waals surface area contributed by atoms with Gasteiger partial charge in [0.15, 0.2) is 10.3 Å². The number of nitrogens with one attached hydrogen (secondary N) is 1. The molecule has 0 saturated heterocycles. The van der Waals surface area contributed by atoms with Crippen molar-refractivity contribution in [3.8, 4) is 0 Å². The molecule has 0 unspecified atom stereocenters. The number of carboxylic acid groups (broad SMARTS) is 1. The van der Waals surface area contributed by atoms with Crippen molar-refractivity contribution in [3.05, 3.63) is 21.9 Å². The van der Waals surface area contributed by atoms with Crippen molar-refractivity contribution in [2.24, 2.45) is 0 Å². The zero-order valence-electron chi connectivity index (χ0n) is 11.2. The summed E-state index contributed by atoms with van der Waals surface area (Å²) in [6.07, 6.45) is 4.25. The third-order valence-corrected chi connectivity index (χ3v) is 4.15. The summed E-state index contributed by atoms with van der Waals surface area (Å²) < 4.78 is 0. The van der Waals surface area contributed by atoms with Crippen molar-refractivity contribution in [1.82, 2.24) is 15.5 Å². The number of hydrogen-bond acceptors (Lipinski definition) is 4. The predicted molar refractivity (Wildman–Crippen MR) is 77.6 cm³/mol. The molecule has 0 aromatic carbocycles. The third kappa shape index (κ3) is 3.63. The molecule has 1 fully saturated rings. The molecular formula is C13H15Cl2N3O3. The predicted octanol–water partition coefficient (Wildman–Crippen LogP) is 2.69. The molecule has 0 spiro atoms. The van der Waals surface area contributed by atoms with Crippen LogP contribution in [0.25, 0.3) is 0 Å². The maximum absolute atomic E-state index is 12.3. The lowest BCUT2D eigenvalue weighted by Gasteiger charge is -2.29. The van der Waals surface area contributed by atoms with Crippen LogP contribution in [0, 0.1) is 0 Å². The van der Waals surface area contributed by atoms with Crippen LogP contribution in [0.4, 0.5) is 0 Å². The smallest absolute Gasteiger partial charge is 0.329 e. The Kier molecular flexibility index (Phi) is 5.00. The summed E-state index contributed by atoms with van der Waals surface area (Å²) in [6.45, 7) is 0. The summed E-state index contributed by atoms with van der Waals surface area (Å²) in [5, 5.41) is 19.1. The van der Waals surface area contributed by atoms with Gasteiger partial charge < -0.3 is 10.4 Å². The molecule has 1 aromatic rings. The fourth-order valence-corrected chi connectivity index (χ4v) is 2.85. The molecule has 0 aliphatic heterocycles. The Labute approximate surface area is 131 Å². The second kappa shape index (κ2) is 6.58. The Morgan fingerprint density at radius 3 is 2.33 bits per heavy atom. The number of nitrogens with zero attached hydrogens (tertiary/aromatic N) is 2. The van der Waals surface area contributed by atoms with Gasteiger partial charge in [0.25, 0.3) is 5.91 Å². The molecule has 8 heteroatoms. The molecule has 2 rings (SSSR count). The first-order valence-electron chi connectivity index (χ1n) is 6.69. The topological polar surface area (TPSA) is 92.2 Å². The van der Waals surface area contributed by atoms with E-state index in [-0.39, 0.29) is 15.9 Å². The number of rotatable bonds is 3. The molecule has 1 aliphatic carbocycles. The summed E-state index contributed by atoms with van der Waals surface area (Å²) in [6, 6.07) is 1.28. The fraction of sp³-hybridized carbons (Fsp3) is 0.538. The normalized spacial score (nSPS) is 17.8. The maximum atomic E-state index is 12.3.